The van der Waals surface area contributed by atoms with Crippen molar-refractivity contribution in [2.75, 3.05) is 19.8 Å². The molecule has 0 amide bonds. The van der Waals surface area contributed by atoms with Gasteiger partial charge in [-0.2, -0.15) is 13.2 Å². The molecule has 2 fully saturated rings. The van der Waals surface area contributed by atoms with Crippen LogP contribution in [0.15, 0.2) is 24.3 Å². The van der Waals surface area contributed by atoms with Crippen LogP contribution in [0.3, 0.4) is 0 Å². The number of piperidine rings is 1. The highest BCUT2D eigenvalue weighted by atomic mass is 19.4. The fourth-order valence-electron chi connectivity index (χ4n) is 3.15. The van der Waals surface area contributed by atoms with Crippen molar-refractivity contribution >= 4 is 0 Å². The first-order valence-corrected chi connectivity index (χ1v) is 7.67. The summed E-state index contributed by atoms with van der Waals surface area (Å²) in [5, 5.41) is 0. The van der Waals surface area contributed by atoms with E-state index in [0.29, 0.717) is 19.8 Å². The SMILES string of the molecule is FC(F)(F)c1ccc(CN2CCCCC2C2OCCO2)cc1. The predicted octanol–water partition coefficient (Wildman–Crippen LogP) is 3.43. The van der Waals surface area contributed by atoms with E-state index in [-0.39, 0.29) is 12.3 Å². The summed E-state index contributed by atoms with van der Waals surface area (Å²) in [7, 11) is 0. The molecule has 3 rings (SSSR count). The standard InChI is InChI=1S/C16H20F3NO2/c17-16(18,19)13-6-4-12(5-7-13)11-20-8-2-1-3-14(20)15-21-9-10-22-15/h4-7,14-15H,1-3,8-11H2. The Morgan fingerprint density at radius 3 is 2.36 bits per heavy atom. The largest absolute Gasteiger partial charge is 0.416 e. The minimum Gasteiger partial charge on any atom is -0.349 e. The second-order valence-electron chi connectivity index (χ2n) is 5.84. The second-order valence-corrected chi connectivity index (χ2v) is 5.84. The Morgan fingerprint density at radius 2 is 1.73 bits per heavy atom. The summed E-state index contributed by atoms with van der Waals surface area (Å²) in [6.45, 7) is 2.80. The molecule has 22 heavy (non-hydrogen) atoms. The van der Waals surface area contributed by atoms with Gasteiger partial charge in [0.25, 0.3) is 0 Å². The van der Waals surface area contributed by atoms with E-state index < -0.39 is 11.7 Å². The van der Waals surface area contributed by atoms with E-state index in [4.69, 9.17) is 9.47 Å². The van der Waals surface area contributed by atoms with Crippen molar-refractivity contribution in [3.8, 4) is 0 Å². The zero-order valence-electron chi connectivity index (χ0n) is 12.3. The molecular weight excluding hydrogens is 295 g/mol. The molecule has 122 valence electrons. The van der Waals surface area contributed by atoms with Gasteiger partial charge in [0.1, 0.15) is 0 Å². The van der Waals surface area contributed by atoms with Crippen molar-refractivity contribution in [3.05, 3.63) is 35.4 Å². The zero-order valence-corrected chi connectivity index (χ0v) is 12.3. The van der Waals surface area contributed by atoms with Crippen molar-refractivity contribution in [2.24, 2.45) is 0 Å². The number of likely N-dealkylation sites (tertiary alicyclic amines) is 1. The summed E-state index contributed by atoms with van der Waals surface area (Å²) in [6.07, 6.45) is -1.24. The average Bonchev–Trinajstić information content (AvgIpc) is 3.01. The van der Waals surface area contributed by atoms with Gasteiger partial charge in [0.05, 0.1) is 24.8 Å². The van der Waals surface area contributed by atoms with Gasteiger partial charge in [0, 0.05) is 6.54 Å². The Balaban J connectivity index is 1.67. The fourth-order valence-corrected chi connectivity index (χ4v) is 3.15. The number of hydrogen-bond acceptors (Lipinski definition) is 3. The molecule has 0 saturated carbocycles. The van der Waals surface area contributed by atoms with Gasteiger partial charge in [-0.3, -0.25) is 4.90 Å². The van der Waals surface area contributed by atoms with Crippen LogP contribution in [0, 0.1) is 0 Å². The molecule has 2 aliphatic heterocycles. The summed E-state index contributed by atoms with van der Waals surface area (Å²) < 4.78 is 49.0. The first kappa shape index (κ1) is 15.8. The molecule has 6 heteroatoms. The Morgan fingerprint density at radius 1 is 1.05 bits per heavy atom. The minimum atomic E-state index is -4.28. The first-order valence-electron chi connectivity index (χ1n) is 7.67. The third-order valence-electron chi connectivity index (χ3n) is 4.29. The van der Waals surface area contributed by atoms with E-state index in [1.54, 1.807) is 12.1 Å². The number of ether oxygens (including phenoxy) is 2. The van der Waals surface area contributed by atoms with Gasteiger partial charge in [0.15, 0.2) is 6.29 Å². The lowest BCUT2D eigenvalue weighted by Crippen LogP contribution is -2.46. The molecule has 0 radical (unpaired) electrons. The second kappa shape index (κ2) is 6.56. The number of nitrogens with zero attached hydrogens (tertiary/aromatic N) is 1. The molecule has 2 saturated heterocycles. The Bertz CT molecular complexity index is 483. The molecule has 3 nitrogen and oxygen atoms in total. The van der Waals surface area contributed by atoms with Gasteiger partial charge in [-0.25, -0.2) is 0 Å². The first-order chi connectivity index (χ1) is 10.5. The van der Waals surface area contributed by atoms with E-state index in [1.807, 2.05) is 0 Å². The van der Waals surface area contributed by atoms with E-state index in [1.165, 1.54) is 0 Å². The molecule has 1 aromatic rings. The summed E-state index contributed by atoms with van der Waals surface area (Å²) in [6, 6.07) is 5.61. The van der Waals surface area contributed by atoms with Gasteiger partial charge in [0.2, 0.25) is 0 Å². The Hall–Kier alpha value is -1.11. The quantitative estimate of drug-likeness (QED) is 0.853. The average molecular weight is 315 g/mol. The van der Waals surface area contributed by atoms with E-state index in [0.717, 1.165) is 43.5 Å². The van der Waals surface area contributed by atoms with Crippen LogP contribution in [0.4, 0.5) is 13.2 Å². The lowest BCUT2D eigenvalue weighted by molar-refractivity contribution is -0.137. The highest BCUT2D eigenvalue weighted by molar-refractivity contribution is 5.24. The molecule has 1 unspecified atom stereocenters. The molecule has 0 aliphatic carbocycles. The van der Waals surface area contributed by atoms with Gasteiger partial charge in [-0.15, -0.1) is 0 Å². The minimum absolute atomic E-state index is 0.193. The Kier molecular flexibility index (Phi) is 4.70. The normalized spacial score (nSPS) is 24.8. The predicted molar refractivity (Wildman–Crippen MR) is 75.2 cm³/mol. The molecule has 2 aliphatic rings. The summed E-state index contributed by atoms with van der Waals surface area (Å²) in [5.41, 5.74) is 0.284. The molecule has 0 spiro atoms. The maximum Gasteiger partial charge on any atom is 0.416 e. The number of alkyl halides is 3. The maximum atomic E-state index is 12.6. The van der Waals surface area contributed by atoms with Gasteiger partial charge < -0.3 is 9.47 Å². The van der Waals surface area contributed by atoms with Crippen LogP contribution in [0.5, 0.6) is 0 Å². The molecular formula is C16H20F3NO2. The molecule has 0 aromatic heterocycles. The van der Waals surface area contributed by atoms with Crippen LogP contribution in [0.25, 0.3) is 0 Å². The van der Waals surface area contributed by atoms with E-state index in [9.17, 15) is 13.2 Å². The molecule has 0 N–H and O–H groups in total. The van der Waals surface area contributed by atoms with Crippen molar-refractivity contribution in [1.82, 2.24) is 4.90 Å². The smallest absolute Gasteiger partial charge is 0.349 e. The molecule has 1 aromatic carbocycles. The van der Waals surface area contributed by atoms with Crippen LogP contribution in [0.1, 0.15) is 30.4 Å². The van der Waals surface area contributed by atoms with Crippen LogP contribution < -0.4 is 0 Å². The van der Waals surface area contributed by atoms with Gasteiger partial charge >= 0.3 is 6.18 Å². The maximum absolute atomic E-state index is 12.6. The van der Waals surface area contributed by atoms with Crippen molar-refractivity contribution in [1.29, 1.82) is 0 Å². The van der Waals surface area contributed by atoms with E-state index >= 15 is 0 Å². The fraction of sp³-hybridized carbons (Fsp3) is 0.625. The highest BCUT2D eigenvalue weighted by Crippen LogP contribution is 2.30. The van der Waals surface area contributed by atoms with Crippen LogP contribution in [-0.2, 0) is 22.2 Å². The monoisotopic (exact) mass is 315 g/mol. The summed E-state index contributed by atoms with van der Waals surface area (Å²) in [5.74, 6) is 0. The lowest BCUT2D eigenvalue weighted by Gasteiger charge is -2.38. The molecule has 1 atom stereocenters. The van der Waals surface area contributed by atoms with E-state index in [2.05, 4.69) is 4.90 Å². The number of hydrogen-bond donors (Lipinski definition) is 0. The third-order valence-corrected chi connectivity index (χ3v) is 4.29. The number of rotatable bonds is 3. The summed E-state index contributed by atoms with van der Waals surface area (Å²) in [4.78, 5) is 2.27. The van der Waals surface area contributed by atoms with Crippen LogP contribution in [0.2, 0.25) is 0 Å². The molecule has 2 heterocycles. The van der Waals surface area contributed by atoms with Crippen LogP contribution in [-0.4, -0.2) is 37.0 Å². The Labute approximate surface area is 128 Å². The van der Waals surface area contributed by atoms with Gasteiger partial charge in [-0.1, -0.05) is 18.6 Å². The third kappa shape index (κ3) is 3.62. The molecule has 0 bridgehead atoms. The van der Waals surface area contributed by atoms with Crippen molar-refractivity contribution in [3.63, 3.8) is 0 Å². The zero-order chi connectivity index (χ0) is 15.6. The van der Waals surface area contributed by atoms with Crippen LogP contribution >= 0.6 is 0 Å². The van der Waals surface area contributed by atoms with Crippen molar-refractivity contribution < 1.29 is 22.6 Å². The van der Waals surface area contributed by atoms with Crippen molar-refractivity contribution in [2.45, 2.75) is 44.3 Å². The number of halogens is 3. The number of benzene rings is 1. The van der Waals surface area contributed by atoms with Gasteiger partial charge in [-0.05, 0) is 37.1 Å². The topological polar surface area (TPSA) is 21.7 Å². The summed E-state index contributed by atoms with van der Waals surface area (Å²) >= 11 is 0. The lowest BCUT2D eigenvalue weighted by atomic mass is 10.0. The highest BCUT2D eigenvalue weighted by Gasteiger charge is 2.34.